The molecule has 0 spiro atoms. The summed E-state index contributed by atoms with van der Waals surface area (Å²) in [6.07, 6.45) is 0. The third kappa shape index (κ3) is 4.33. The van der Waals surface area contributed by atoms with Gasteiger partial charge in [0.05, 0.1) is 28.7 Å². The molecule has 1 aliphatic heterocycles. The molecule has 11 heteroatoms. The van der Waals surface area contributed by atoms with Gasteiger partial charge in [-0.25, -0.2) is 8.42 Å². The lowest BCUT2D eigenvalue weighted by molar-refractivity contribution is -0.384. The number of nitrogens with zero attached hydrogens (tertiary/aromatic N) is 3. The van der Waals surface area contributed by atoms with Gasteiger partial charge in [0.15, 0.2) is 0 Å². The highest BCUT2D eigenvalue weighted by atomic mass is 32.2. The number of morpholine rings is 1. The monoisotopic (exact) mass is 410 g/mol. The number of nitro benzene ring substituents is 1. The fourth-order valence-electron chi connectivity index (χ4n) is 2.54. The van der Waals surface area contributed by atoms with Gasteiger partial charge in [0, 0.05) is 24.0 Å². The van der Waals surface area contributed by atoms with Gasteiger partial charge < -0.3 is 4.74 Å². The van der Waals surface area contributed by atoms with Crippen molar-refractivity contribution in [2.45, 2.75) is 11.8 Å². The zero-order valence-corrected chi connectivity index (χ0v) is 16.1. The van der Waals surface area contributed by atoms with Crippen molar-refractivity contribution in [2.75, 3.05) is 31.7 Å². The van der Waals surface area contributed by atoms with E-state index in [4.69, 9.17) is 4.74 Å². The van der Waals surface area contributed by atoms with Gasteiger partial charge in [-0.15, -0.1) is 11.3 Å². The van der Waals surface area contributed by atoms with Crippen LogP contribution in [0.4, 0.5) is 11.4 Å². The molecule has 9 nitrogen and oxygen atoms in total. The van der Waals surface area contributed by atoms with Gasteiger partial charge in [0.25, 0.3) is 5.69 Å². The normalized spacial score (nSPS) is 16.3. The maximum Gasteiger partial charge on any atom is 0.295 e. The second-order valence-electron chi connectivity index (χ2n) is 5.74. The fourth-order valence-corrected chi connectivity index (χ4v) is 4.64. The number of ether oxygens (including phenoxy) is 1. The van der Waals surface area contributed by atoms with Crippen molar-refractivity contribution in [3.8, 4) is 0 Å². The van der Waals surface area contributed by atoms with E-state index in [-0.39, 0.29) is 29.4 Å². The SMILES string of the molecule is C/C(=N\Nc1ccc(S(=O)(=O)N2CCOCC2)cc1[N+](=O)[O-])c1cccs1. The largest absolute Gasteiger partial charge is 0.379 e. The molecule has 144 valence electrons. The van der Waals surface area contributed by atoms with Crippen molar-refractivity contribution in [1.82, 2.24) is 4.31 Å². The van der Waals surface area contributed by atoms with Gasteiger partial charge in [0.1, 0.15) is 5.69 Å². The molecule has 1 aromatic heterocycles. The minimum Gasteiger partial charge on any atom is -0.379 e. The van der Waals surface area contributed by atoms with Crippen LogP contribution < -0.4 is 5.43 Å². The van der Waals surface area contributed by atoms with Gasteiger partial charge in [-0.3, -0.25) is 15.5 Å². The van der Waals surface area contributed by atoms with E-state index in [2.05, 4.69) is 10.5 Å². The number of benzene rings is 1. The number of thiophene rings is 1. The zero-order valence-electron chi connectivity index (χ0n) is 14.5. The van der Waals surface area contributed by atoms with E-state index < -0.39 is 14.9 Å². The van der Waals surface area contributed by atoms with Crippen LogP contribution in [0.15, 0.2) is 45.7 Å². The molecule has 0 bridgehead atoms. The summed E-state index contributed by atoms with van der Waals surface area (Å²) in [7, 11) is -3.81. The van der Waals surface area contributed by atoms with Crippen molar-refractivity contribution >= 4 is 38.4 Å². The first kappa shape index (κ1) is 19.4. The Morgan fingerprint density at radius 1 is 1.33 bits per heavy atom. The van der Waals surface area contributed by atoms with E-state index in [1.54, 1.807) is 6.92 Å². The van der Waals surface area contributed by atoms with Crippen LogP contribution >= 0.6 is 11.3 Å². The Bertz CT molecular complexity index is 951. The number of anilines is 1. The second kappa shape index (κ2) is 8.13. The lowest BCUT2D eigenvalue weighted by atomic mass is 10.3. The van der Waals surface area contributed by atoms with Crippen LogP contribution in [0.5, 0.6) is 0 Å². The Kier molecular flexibility index (Phi) is 5.85. The molecular formula is C16H18N4O5S2. The first-order chi connectivity index (χ1) is 12.9. The average Bonchev–Trinajstić information content (AvgIpc) is 3.21. The number of nitrogens with one attached hydrogen (secondary N) is 1. The number of rotatable bonds is 6. The van der Waals surface area contributed by atoms with Gasteiger partial charge in [0.2, 0.25) is 10.0 Å². The maximum atomic E-state index is 12.7. The molecule has 0 radical (unpaired) electrons. The molecule has 2 heterocycles. The molecule has 1 N–H and O–H groups in total. The third-order valence-corrected chi connectivity index (χ3v) is 6.87. The summed E-state index contributed by atoms with van der Waals surface area (Å²) in [5.41, 5.74) is 3.10. The fraction of sp³-hybridized carbons (Fsp3) is 0.312. The van der Waals surface area contributed by atoms with E-state index in [9.17, 15) is 18.5 Å². The lowest BCUT2D eigenvalue weighted by Crippen LogP contribution is -2.40. The van der Waals surface area contributed by atoms with Crippen molar-refractivity contribution in [3.05, 3.63) is 50.7 Å². The standard InChI is InChI=1S/C16H18N4O5S2/c1-12(16-3-2-10-26-16)17-18-14-5-4-13(11-15(14)20(21)22)27(23,24)19-6-8-25-9-7-19/h2-5,10-11,18H,6-9H2,1H3/b17-12+. The molecule has 0 aliphatic carbocycles. The highest BCUT2D eigenvalue weighted by Gasteiger charge is 2.28. The topological polar surface area (TPSA) is 114 Å². The number of hydrogen-bond acceptors (Lipinski definition) is 8. The molecular weight excluding hydrogens is 392 g/mol. The van der Waals surface area contributed by atoms with Gasteiger partial charge in [-0.2, -0.15) is 9.41 Å². The van der Waals surface area contributed by atoms with E-state index >= 15 is 0 Å². The summed E-state index contributed by atoms with van der Waals surface area (Å²) < 4.78 is 31.8. The second-order valence-corrected chi connectivity index (χ2v) is 8.62. The van der Waals surface area contributed by atoms with Gasteiger partial charge in [-0.05, 0) is 30.5 Å². The third-order valence-electron chi connectivity index (χ3n) is 4.00. The van der Waals surface area contributed by atoms with Crippen molar-refractivity contribution in [2.24, 2.45) is 5.10 Å². The zero-order chi connectivity index (χ0) is 19.4. The minimum absolute atomic E-state index is 0.122. The van der Waals surface area contributed by atoms with E-state index in [0.717, 1.165) is 10.9 Å². The molecule has 0 saturated carbocycles. The molecule has 1 aliphatic rings. The van der Waals surface area contributed by atoms with Crippen LogP contribution in [-0.2, 0) is 14.8 Å². The Morgan fingerprint density at radius 3 is 2.70 bits per heavy atom. The van der Waals surface area contributed by atoms with Crippen LogP contribution in [0.2, 0.25) is 0 Å². The Hall–Kier alpha value is -2.34. The molecule has 1 fully saturated rings. The summed E-state index contributed by atoms with van der Waals surface area (Å²) in [5, 5.41) is 17.5. The minimum atomic E-state index is -3.81. The van der Waals surface area contributed by atoms with Crippen LogP contribution in [0.25, 0.3) is 0 Å². The molecule has 0 amide bonds. The van der Waals surface area contributed by atoms with Crippen molar-refractivity contribution in [3.63, 3.8) is 0 Å². The molecule has 27 heavy (non-hydrogen) atoms. The molecule has 3 rings (SSSR count). The molecule has 0 atom stereocenters. The molecule has 1 saturated heterocycles. The van der Waals surface area contributed by atoms with E-state index in [1.807, 2.05) is 17.5 Å². The van der Waals surface area contributed by atoms with Crippen LogP contribution in [0.3, 0.4) is 0 Å². The van der Waals surface area contributed by atoms with Crippen LogP contribution in [-0.4, -0.2) is 49.7 Å². The predicted octanol–water partition coefficient (Wildman–Crippen LogP) is 2.51. The quantitative estimate of drug-likeness (QED) is 0.445. The first-order valence-electron chi connectivity index (χ1n) is 8.10. The summed E-state index contributed by atoms with van der Waals surface area (Å²) in [4.78, 5) is 11.6. The Morgan fingerprint density at radius 2 is 2.07 bits per heavy atom. The summed E-state index contributed by atoms with van der Waals surface area (Å²) in [6, 6.07) is 7.53. The number of hydrazone groups is 1. The number of hydrogen-bond donors (Lipinski definition) is 1. The van der Waals surface area contributed by atoms with Crippen LogP contribution in [0, 0.1) is 10.1 Å². The number of sulfonamides is 1. The van der Waals surface area contributed by atoms with Gasteiger partial charge in [-0.1, -0.05) is 6.07 Å². The first-order valence-corrected chi connectivity index (χ1v) is 10.4. The maximum absolute atomic E-state index is 12.7. The van der Waals surface area contributed by atoms with Gasteiger partial charge >= 0.3 is 0 Å². The summed E-state index contributed by atoms with van der Waals surface area (Å²) >= 11 is 1.50. The number of nitro groups is 1. The molecule has 2 aromatic rings. The summed E-state index contributed by atoms with van der Waals surface area (Å²) in [6.45, 7) is 2.83. The highest BCUT2D eigenvalue weighted by molar-refractivity contribution is 7.89. The van der Waals surface area contributed by atoms with Crippen LogP contribution in [0.1, 0.15) is 11.8 Å². The predicted molar refractivity (Wildman–Crippen MR) is 103 cm³/mol. The summed E-state index contributed by atoms with van der Waals surface area (Å²) in [5.74, 6) is 0. The molecule has 1 aromatic carbocycles. The van der Waals surface area contributed by atoms with E-state index in [1.165, 1.54) is 27.8 Å². The Balaban J connectivity index is 1.89. The lowest BCUT2D eigenvalue weighted by Gasteiger charge is -2.26. The average molecular weight is 410 g/mol. The van der Waals surface area contributed by atoms with Crippen molar-refractivity contribution in [1.29, 1.82) is 0 Å². The Labute approximate surface area is 160 Å². The molecule has 0 unspecified atom stereocenters. The highest BCUT2D eigenvalue weighted by Crippen LogP contribution is 2.29. The smallest absolute Gasteiger partial charge is 0.295 e. The van der Waals surface area contributed by atoms with Crippen molar-refractivity contribution < 1.29 is 18.1 Å². The van der Waals surface area contributed by atoms with E-state index in [0.29, 0.717) is 18.9 Å².